The lowest BCUT2D eigenvalue weighted by atomic mass is 9.74. The number of anilines is 2. The van der Waals surface area contributed by atoms with E-state index in [9.17, 15) is 14.7 Å². The number of fused-ring (bicyclic) bond motifs is 2. The minimum Gasteiger partial charge on any atom is -0.394 e. The number of benzene rings is 2. The van der Waals surface area contributed by atoms with Gasteiger partial charge in [-0.1, -0.05) is 74.9 Å². The van der Waals surface area contributed by atoms with Crippen molar-refractivity contribution in [2.45, 2.75) is 69.2 Å². The molecule has 1 spiro atoms. The van der Waals surface area contributed by atoms with Crippen molar-refractivity contribution in [1.82, 2.24) is 9.80 Å². The van der Waals surface area contributed by atoms with Crippen LogP contribution >= 0.6 is 11.8 Å². The lowest BCUT2D eigenvalue weighted by Gasteiger charge is -2.41. The molecule has 8 nitrogen and oxygen atoms in total. The Morgan fingerprint density at radius 1 is 0.894 bits per heavy atom. The molecule has 0 bridgehead atoms. The summed E-state index contributed by atoms with van der Waals surface area (Å²) in [5.41, 5.74) is 2.88. The summed E-state index contributed by atoms with van der Waals surface area (Å²) in [5.74, 6) is -1.91. The van der Waals surface area contributed by atoms with Crippen molar-refractivity contribution in [2.24, 2.45) is 17.8 Å². The molecular weight excluding hydrogens is 609 g/mol. The van der Waals surface area contributed by atoms with Gasteiger partial charge in [0, 0.05) is 48.8 Å². The molecule has 4 aliphatic rings. The molecular formula is C38H48N4O4S. The second kappa shape index (κ2) is 13.2. The molecule has 2 saturated heterocycles. The van der Waals surface area contributed by atoms with Gasteiger partial charge in [-0.05, 0) is 56.5 Å². The van der Waals surface area contributed by atoms with E-state index in [1.165, 1.54) is 0 Å². The van der Waals surface area contributed by atoms with Gasteiger partial charge >= 0.3 is 0 Å². The van der Waals surface area contributed by atoms with Crippen LogP contribution in [0.25, 0.3) is 0 Å². The largest absolute Gasteiger partial charge is 0.394 e. The van der Waals surface area contributed by atoms with Crippen LogP contribution < -0.4 is 9.80 Å². The van der Waals surface area contributed by atoms with Crippen molar-refractivity contribution in [2.75, 3.05) is 42.6 Å². The fourth-order valence-corrected chi connectivity index (χ4v) is 10.4. The number of carbonyl (C=O) groups excluding carboxylic acids is 3. The van der Waals surface area contributed by atoms with E-state index >= 15 is 4.79 Å². The molecule has 7 atom stereocenters. The summed E-state index contributed by atoms with van der Waals surface area (Å²) < 4.78 is -1.66. The van der Waals surface area contributed by atoms with E-state index in [0.29, 0.717) is 19.6 Å². The van der Waals surface area contributed by atoms with Crippen molar-refractivity contribution in [3.63, 3.8) is 0 Å². The molecule has 1 unspecified atom stereocenters. The molecule has 0 radical (unpaired) electrons. The van der Waals surface area contributed by atoms with Gasteiger partial charge in [0.2, 0.25) is 11.8 Å². The van der Waals surface area contributed by atoms with Crippen LogP contribution in [0.5, 0.6) is 0 Å². The third-order valence-electron chi connectivity index (χ3n) is 10.9. The summed E-state index contributed by atoms with van der Waals surface area (Å²) in [6.07, 6.45) is 8.94. The van der Waals surface area contributed by atoms with Gasteiger partial charge in [0.25, 0.3) is 5.91 Å². The van der Waals surface area contributed by atoms with Gasteiger partial charge in [-0.3, -0.25) is 14.4 Å². The second-order valence-electron chi connectivity index (χ2n) is 13.5. The molecule has 250 valence electrons. The van der Waals surface area contributed by atoms with Gasteiger partial charge in [0.1, 0.15) is 6.04 Å². The van der Waals surface area contributed by atoms with Crippen molar-refractivity contribution in [3.05, 3.63) is 84.5 Å². The molecule has 4 heterocycles. The maximum Gasteiger partial charge on any atom is 0.251 e. The van der Waals surface area contributed by atoms with Crippen molar-refractivity contribution in [3.8, 4) is 0 Å². The SMILES string of the molecule is CC[C@H](C)[C@H](CO)N1C(=O)[C@@H]2[C@@H]3C(=O)N(Cc4ccccc4)CC=C[C@]3(C)S[C@@]23C=CCN(c2ccc(N(CC)CC)cc2)C(=O)C13. The summed E-state index contributed by atoms with van der Waals surface area (Å²) in [5, 5.41) is 10.8. The van der Waals surface area contributed by atoms with E-state index in [1.54, 1.807) is 21.6 Å². The minimum absolute atomic E-state index is 0.0441. The average Bonchev–Trinajstić information content (AvgIpc) is 3.35. The minimum atomic E-state index is -0.972. The average molecular weight is 657 g/mol. The van der Waals surface area contributed by atoms with Gasteiger partial charge in [-0.15, -0.1) is 11.8 Å². The van der Waals surface area contributed by atoms with Crippen LogP contribution in [0.3, 0.4) is 0 Å². The Hall–Kier alpha value is -3.56. The van der Waals surface area contributed by atoms with Crippen molar-refractivity contribution < 1.29 is 19.5 Å². The fraction of sp³-hybridized carbons (Fsp3) is 0.500. The highest BCUT2D eigenvalue weighted by Gasteiger charge is 2.74. The van der Waals surface area contributed by atoms with Crippen molar-refractivity contribution >= 4 is 40.9 Å². The molecule has 4 aliphatic heterocycles. The summed E-state index contributed by atoms with van der Waals surface area (Å²) in [6, 6.07) is 16.6. The van der Waals surface area contributed by atoms with Gasteiger partial charge < -0.3 is 24.7 Å². The van der Waals surface area contributed by atoms with Crippen LogP contribution in [-0.2, 0) is 20.9 Å². The molecule has 3 amide bonds. The van der Waals surface area contributed by atoms with Gasteiger partial charge in [0.15, 0.2) is 0 Å². The van der Waals surface area contributed by atoms with Gasteiger partial charge in [-0.25, -0.2) is 0 Å². The monoisotopic (exact) mass is 656 g/mol. The number of thioether (sulfide) groups is 1. The number of hydrogen-bond donors (Lipinski definition) is 1. The number of hydrogen-bond acceptors (Lipinski definition) is 6. The van der Waals surface area contributed by atoms with E-state index in [1.807, 2.05) is 85.5 Å². The van der Waals surface area contributed by atoms with Crippen LogP contribution in [0.15, 0.2) is 78.9 Å². The van der Waals surface area contributed by atoms with E-state index in [2.05, 4.69) is 37.8 Å². The first-order chi connectivity index (χ1) is 22.6. The Morgan fingerprint density at radius 2 is 1.57 bits per heavy atom. The number of carbonyl (C=O) groups is 3. The Morgan fingerprint density at radius 3 is 2.21 bits per heavy atom. The molecule has 2 aromatic rings. The molecule has 1 N–H and O–H groups in total. The highest BCUT2D eigenvalue weighted by molar-refractivity contribution is 8.02. The topological polar surface area (TPSA) is 84.4 Å². The number of rotatable bonds is 10. The number of likely N-dealkylation sites (tertiary alicyclic amines) is 1. The van der Waals surface area contributed by atoms with E-state index in [4.69, 9.17) is 0 Å². The Bertz CT molecular complexity index is 1540. The lowest BCUT2D eigenvalue weighted by Crippen LogP contribution is -2.58. The maximum atomic E-state index is 15.0. The maximum absolute atomic E-state index is 15.0. The Labute approximate surface area is 283 Å². The molecule has 0 saturated carbocycles. The van der Waals surface area contributed by atoms with Gasteiger partial charge in [-0.2, -0.15) is 0 Å². The summed E-state index contributed by atoms with van der Waals surface area (Å²) in [6.45, 7) is 13.1. The zero-order chi connectivity index (χ0) is 33.5. The smallest absolute Gasteiger partial charge is 0.251 e. The molecule has 6 rings (SSSR count). The first kappa shape index (κ1) is 33.3. The van der Waals surface area contributed by atoms with E-state index < -0.39 is 33.4 Å². The summed E-state index contributed by atoms with van der Waals surface area (Å²) in [4.78, 5) is 52.2. The Balaban J connectivity index is 1.44. The first-order valence-electron chi connectivity index (χ1n) is 17.1. The third kappa shape index (κ3) is 5.49. The van der Waals surface area contributed by atoms with Crippen LogP contribution in [0.1, 0.15) is 46.6 Å². The van der Waals surface area contributed by atoms with E-state index in [0.717, 1.165) is 36.4 Å². The van der Waals surface area contributed by atoms with Crippen LogP contribution in [0.4, 0.5) is 11.4 Å². The number of amides is 3. The number of aliphatic hydroxyl groups excluding tert-OH is 1. The molecule has 2 aromatic carbocycles. The van der Waals surface area contributed by atoms with Crippen LogP contribution in [0.2, 0.25) is 0 Å². The number of aliphatic hydroxyl groups is 1. The summed E-state index contributed by atoms with van der Waals surface area (Å²) >= 11 is 1.59. The molecule has 47 heavy (non-hydrogen) atoms. The quantitative estimate of drug-likeness (QED) is 0.357. The van der Waals surface area contributed by atoms with Crippen LogP contribution in [-0.4, -0.2) is 87.0 Å². The zero-order valence-electron chi connectivity index (χ0n) is 28.2. The van der Waals surface area contributed by atoms with Gasteiger partial charge in [0.05, 0.1) is 29.2 Å². The highest BCUT2D eigenvalue weighted by atomic mass is 32.2. The molecule has 0 aromatic heterocycles. The molecule has 9 heteroatoms. The first-order valence-corrected chi connectivity index (χ1v) is 17.9. The number of nitrogens with zero attached hydrogens (tertiary/aromatic N) is 4. The zero-order valence-corrected chi connectivity index (χ0v) is 29.0. The predicted molar refractivity (Wildman–Crippen MR) is 189 cm³/mol. The highest BCUT2D eigenvalue weighted by Crippen LogP contribution is 2.66. The predicted octanol–water partition coefficient (Wildman–Crippen LogP) is 5.13. The lowest BCUT2D eigenvalue weighted by molar-refractivity contribution is -0.146. The molecule has 2 fully saturated rings. The molecule has 0 aliphatic carbocycles. The van der Waals surface area contributed by atoms with E-state index in [-0.39, 0.29) is 30.2 Å². The second-order valence-corrected chi connectivity index (χ2v) is 15.3. The normalized spacial score (nSPS) is 29.7. The Kier molecular flexibility index (Phi) is 9.33. The summed E-state index contributed by atoms with van der Waals surface area (Å²) in [7, 11) is 0. The van der Waals surface area contributed by atoms with Crippen molar-refractivity contribution in [1.29, 1.82) is 0 Å². The third-order valence-corrected chi connectivity index (χ3v) is 12.7. The van der Waals surface area contributed by atoms with Crippen LogP contribution in [0, 0.1) is 17.8 Å². The standard InChI is InChI=1S/C38H48N4O4S/c1-6-26(4)30(25-43)42-33-36(46)41(29-18-16-28(17-19-29)39(7-2)8-3)23-13-21-38(33)32(35(42)45)31-34(44)40(22-12-20-37(31,5)47-38)24-27-14-10-9-11-15-27/h9-21,26,30-33,43H,6-8,22-25H2,1-5H3/t26-,30-,31+,32-,33?,37-,38-/m0/s1. The fourth-order valence-electron chi connectivity index (χ4n) is 8.29.